The lowest BCUT2D eigenvalue weighted by Crippen LogP contribution is -2.41. The van der Waals surface area contributed by atoms with Crippen molar-refractivity contribution in [3.05, 3.63) is 35.4 Å². The minimum absolute atomic E-state index is 0.0181. The summed E-state index contributed by atoms with van der Waals surface area (Å²) < 4.78 is 4.62. The molecule has 0 heterocycles. The highest BCUT2D eigenvalue weighted by Gasteiger charge is 2.33. The molecule has 0 bridgehead atoms. The van der Waals surface area contributed by atoms with Crippen molar-refractivity contribution in [1.29, 1.82) is 0 Å². The highest BCUT2D eigenvalue weighted by atomic mass is 28.3. The maximum Gasteiger partial charge on any atom is 0.337 e. The van der Waals surface area contributed by atoms with Crippen LogP contribution in [0.25, 0.3) is 0 Å². The number of rotatable bonds is 5. The Bertz CT molecular complexity index is 784. The zero-order valence-electron chi connectivity index (χ0n) is 16.7. The monoisotopic (exact) mass is 389 g/mol. The molecule has 27 heavy (non-hydrogen) atoms. The van der Waals surface area contributed by atoms with E-state index in [-0.39, 0.29) is 22.6 Å². The lowest BCUT2D eigenvalue weighted by Gasteiger charge is -2.31. The second-order valence-electron chi connectivity index (χ2n) is 7.82. The summed E-state index contributed by atoms with van der Waals surface area (Å²) in [5, 5.41) is 11.9. The number of aliphatic carboxylic acids is 1. The molecule has 0 radical (unpaired) electrons. The van der Waals surface area contributed by atoms with Crippen molar-refractivity contribution in [2.24, 2.45) is 0 Å². The van der Waals surface area contributed by atoms with E-state index >= 15 is 0 Å². The Hall–Kier alpha value is -2.59. The molecule has 0 aliphatic heterocycles. The number of carboxylic acid groups (broad SMARTS) is 1. The zero-order chi connectivity index (χ0) is 20.8. The maximum absolute atomic E-state index is 12.4. The van der Waals surface area contributed by atoms with Gasteiger partial charge >= 0.3 is 11.9 Å². The van der Waals surface area contributed by atoms with E-state index in [2.05, 4.69) is 55.4 Å². The normalized spacial score (nSPS) is 12.4. The molecule has 6 nitrogen and oxygen atoms in total. The lowest BCUT2D eigenvalue weighted by atomic mass is 10.1. The Morgan fingerprint density at radius 1 is 1.22 bits per heavy atom. The highest BCUT2D eigenvalue weighted by molar-refractivity contribution is 6.87. The molecule has 1 aromatic rings. The molecule has 0 unspecified atom stereocenters. The quantitative estimate of drug-likeness (QED) is 0.459. The van der Waals surface area contributed by atoms with Gasteiger partial charge in [-0.2, -0.15) is 0 Å². The molecule has 0 spiro atoms. The van der Waals surface area contributed by atoms with Crippen molar-refractivity contribution in [1.82, 2.24) is 5.32 Å². The predicted molar refractivity (Wildman–Crippen MR) is 106 cm³/mol. The van der Waals surface area contributed by atoms with Crippen molar-refractivity contribution >= 4 is 25.9 Å². The molecule has 7 heteroatoms. The van der Waals surface area contributed by atoms with Gasteiger partial charge < -0.3 is 15.2 Å². The summed E-state index contributed by atoms with van der Waals surface area (Å²) >= 11 is 0. The number of esters is 1. The van der Waals surface area contributed by atoms with E-state index < -0.39 is 32.0 Å². The van der Waals surface area contributed by atoms with Crippen LogP contribution in [0.2, 0.25) is 18.1 Å². The van der Waals surface area contributed by atoms with E-state index in [0.717, 1.165) is 0 Å². The second-order valence-corrected chi connectivity index (χ2v) is 12.8. The summed E-state index contributed by atoms with van der Waals surface area (Å²) in [6.07, 6.45) is 0.0181. The van der Waals surface area contributed by atoms with Gasteiger partial charge in [-0.1, -0.05) is 39.9 Å². The van der Waals surface area contributed by atoms with Crippen LogP contribution in [0.5, 0.6) is 0 Å². The van der Waals surface area contributed by atoms with Gasteiger partial charge in [0.05, 0.1) is 12.7 Å². The summed E-state index contributed by atoms with van der Waals surface area (Å²) in [5.74, 6) is 0.645. The third kappa shape index (κ3) is 6.26. The average molecular weight is 390 g/mol. The Morgan fingerprint density at radius 2 is 1.81 bits per heavy atom. The van der Waals surface area contributed by atoms with Crippen LogP contribution in [0.1, 0.15) is 47.9 Å². The van der Waals surface area contributed by atoms with Gasteiger partial charge in [0.2, 0.25) is 0 Å². The molecule has 0 saturated heterocycles. The van der Waals surface area contributed by atoms with E-state index in [9.17, 15) is 19.5 Å². The Labute approximate surface area is 161 Å². The Kier molecular flexibility index (Phi) is 7.37. The summed E-state index contributed by atoms with van der Waals surface area (Å²) in [6, 6.07) is 4.79. The van der Waals surface area contributed by atoms with Crippen LogP contribution in [0.15, 0.2) is 24.3 Å². The lowest BCUT2D eigenvalue weighted by molar-refractivity contribution is -0.139. The van der Waals surface area contributed by atoms with Crippen LogP contribution < -0.4 is 5.32 Å². The van der Waals surface area contributed by atoms with Crippen LogP contribution in [-0.4, -0.2) is 44.2 Å². The van der Waals surface area contributed by atoms with Crippen LogP contribution in [0.3, 0.4) is 0 Å². The molecule has 1 aromatic carbocycles. The van der Waals surface area contributed by atoms with Crippen molar-refractivity contribution < 1.29 is 24.2 Å². The molecule has 1 rings (SSSR count). The number of ether oxygens (including phenoxy) is 1. The first kappa shape index (κ1) is 22.4. The molecule has 0 fully saturated rings. The molecule has 146 valence electrons. The number of carbonyl (C=O) groups excluding carboxylic acids is 2. The number of amides is 1. The van der Waals surface area contributed by atoms with Gasteiger partial charge in [-0.15, -0.1) is 11.5 Å². The highest BCUT2D eigenvalue weighted by Crippen LogP contribution is 2.35. The largest absolute Gasteiger partial charge is 0.480 e. The molecule has 2 N–H and O–H groups in total. The van der Waals surface area contributed by atoms with Crippen molar-refractivity contribution in [3.63, 3.8) is 0 Å². The van der Waals surface area contributed by atoms with Crippen LogP contribution in [-0.2, 0) is 9.53 Å². The van der Waals surface area contributed by atoms with Crippen molar-refractivity contribution in [2.75, 3.05) is 7.11 Å². The van der Waals surface area contributed by atoms with Gasteiger partial charge in [0, 0.05) is 12.0 Å². The Morgan fingerprint density at radius 3 is 2.33 bits per heavy atom. The summed E-state index contributed by atoms with van der Waals surface area (Å²) in [4.78, 5) is 35.4. The number of hydrogen-bond acceptors (Lipinski definition) is 4. The van der Waals surface area contributed by atoms with Gasteiger partial charge in [-0.3, -0.25) is 4.79 Å². The van der Waals surface area contributed by atoms with Gasteiger partial charge in [-0.25, -0.2) is 9.59 Å². The van der Waals surface area contributed by atoms with E-state index in [0.29, 0.717) is 0 Å². The van der Waals surface area contributed by atoms with Crippen LogP contribution in [0.4, 0.5) is 0 Å². The van der Waals surface area contributed by atoms with Crippen LogP contribution >= 0.6 is 0 Å². The number of hydrogen-bond donors (Lipinski definition) is 2. The third-order valence-corrected chi connectivity index (χ3v) is 9.28. The number of benzene rings is 1. The van der Waals surface area contributed by atoms with E-state index in [1.807, 2.05) is 0 Å². The maximum atomic E-state index is 12.4. The SMILES string of the molecule is COC(=O)c1cccc(C(=O)N[C@H](CC#C[Si](C)(C)C(C)(C)C)C(=O)O)c1. The smallest absolute Gasteiger partial charge is 0.337 e. The van der Waals surface area contributed by atoms with Crippen molar-refractivity contribution in [2.45, 2.75) is 51.4 Å². The molecule has 0 aliphatic carbocycles. The fraction of sp³-hybridized carbons (Fsp3) is 0.450. The van der Waals surface area contributed by atoms with Crippen LogP contribution in [0, 0.1) is 11.5 Å². The van der Waals surface area contributed by atoms with E-state index in [1.165, 1.54) is 31.4 Å². The standard InChI is InChI=1S/C20H27NO5Si/c1-20(2,3)27(5,6)12-8-11-16(18(23)24)21-17(22)14-9-7-10-15(13-14)19(25)26-4/h7,9-10,13,16H,11H2,1-6H3,(H,21,22)(H,23,24)/t16-/m1/s1. The van der Waals surface area contributed by atoms with Gasteiger partial charge in [0.25, 0.3) is 5.91 Å². The number of nitrogens with one attached hydrogen (secondary N) is 1. The van der Waals surface area contributed by atoms with Gasteiger partial charge in [0.15, 0.2) is 0 Å². The Balaban J connectivity index is 2.92. The van der Waals surface area contributed by atoms with E-state index in [4.69, 9.17) is 0 Å². The van der Waals surface area contributed by atoms with Gasteiger partial charge in [0.1, 0.15) is 14.1 Å². The number of carboxylic acids is 1. The first-order chi connectivity index (χ1) is 12.4. The second kappa shape index (κ2) is 8.87. The molecule has 1 amide bonds. The fourth-order valence-corrected chi connectivity index (χ4v) is 2.83. The fourth-order valence-electron chi connectivity index (χ4n) is 1.91. The van der Waals surface area contributed by atoms with Crippen molar-refractivity contribution in [3.8, 4) is 11.5 Å². The molecule has 0 saturated carbocycles. The average Bonchev–Trinajstić information content (AvgIpc) is 2.58. The third-order valence-electron chi connectivity index (χ3n) is 4.73. The molecular formula is C20H27NO5Si. The number of methoxy groups -OCH3 is 1. The zero-order valence-corrected chi connectivity index (χ0v) is 17.7. The first-order valence-corrected chi connectivity index (χ1v) is 11.6. The molecule has 1 atom stereocenters. The predicted octanol–water partition coefficient (Wildman–Crippen LogP) is 3.10. The summed E-state index contributed by atoms with van der Waals surface area (Å²) in [5.41, 5.74) is 3.64. The van der Waals surface area contributed by atoms with E-state index in [1.54, 1.807) is 0 Å². The van der Waals surface area contributed by atoms with Gasteiger partial charge in [-0.05, 0) is 23.2 Å². The number of carbonyl (C=O) groups is 3. The molecule has 0 aliphatic rings. The minimum Gasteiger partial charge on any atom is -0.480 e. The minimum atomic E-state index is -1.85. The molecule has 0 aromatic heterocycles. The topological polar surface area (TPSA) is 92.7 Å². The summed E-state index contributed by atoms with van der Waals surface area (Å²) in [6.45, 7) is 10.6. The summed E-state index contributed by atoms with van der Waals surface area (Å²) in [7, 11) is -0.606. The first-order valence-electron chi connectivity index (χ1n) is 8.61. The molecular weight excluding hydrogens is 362 g/mol.